The lowest BCUT2D eigenvalue weighted by Gasteiger charge is -2.32. The van der Waals surface area contributed by atoms with Crippen molar-refractivity contribution in [2.75, 3.05) is 25.1 Å². The van der Waals surface area contributed by atoms with E-state index in [1.807, 2.05) is 6.92 Å². The number of hydrogen-bond donors (Lipinski definition) is 3. The molecule has 0 saturated carbocycles. The highest BCUT2D eigenvalue weighted by Crippen LogP contribution is 2.19. The van der Waals surface area contributed by atoms with Crippen LogP contribution in [0.15, 0.2) is 0 Å². The van der Waals surface area contributed by atoms with Crippen molar-refractivity contribution in [2.24, 2.45) is 0 Å². The predicted octanol–water partition coefficient (Wildman–Crippen LogP) is -0.0955. The Morgan fingerprint density at radius 1 is 1.41 bits per heavy atom. The highest BCUT2D eigenvalue weighted by molar-refractivity contribution is 7.88. The third kappa shape index (κ3) is 4.78. The molecule has 1 aromatic rings. The van der Waals surface area contributed by atoms with Gasteiger partial charge in [0.25, 0.3) is 0 Å². The Kier molecular flexibility index (Phi) is 5.19. The molecule has 1 unspecified atom stereocenters. The maximum Gasteiger partial charge on any atom is 0.317 e. The van der Waals surface area contributed by atoms with Gasteiger partial charge in [-0.15, -0.1) is 10.2 Å². The second-order valence-corrected chi connectivity index (χ2v) is 8.12. The zero-order valence-corrected chi connectivity index (χ0v) is 14.1. The lowest BCUT2D eigenvalue weighted by Crippen LogP contribution is -2.49. The number of rotatable bonds is 4. The van der Waals surface area contributed by atoms with Gasteiger partial charge >= 0.3 is 6.03 Å². The molecule has 0 radical (unpaired) electrons. The summed E-state index contributed by atoms with van der Waals surface area (Å²) in [6.45, 7) is 2.82. The molecular formula is C11H20N6O3S2. The minimum absolute atomic E-state index is 0.112. The van der Waals surface area contributed by atoms with Crippen LogP contribution in [0.1, 0.15) is 30.8 Å². The van der Waals surface area contributed by atoms with Gasteiger partial charge in [0, 0.05) is 19.1 Å². The van der Waals surface area contributed by atoms with E-state index in [1.165, 1.54) is 11.3 Å². The van der Waals surface area contributed by atoms with Crippen LogP contribution >= 0.6 is 11.3 Å². The van der Waals surface area contributed by atoms with E-state index < -0.39 is 10.0 Å². The number of carbonyl (C=O) groups is 1. The molecule has 2 rings (SSSR count). The molecule has 0 aliphatic carbocycles. The fourth-order valence-corrected chi connectivity index (χ4v) is 3.72. The molecule has 1 atom stereocenters. The summed E-state index contributed by atoms with van der Waals surface area (Å²) in [4.78, 5) is 13.8. The van der Waals surface area contributed by atoms with Crippen LogP contribution in [0, 0.1) is 0 Å². The average molecular weight is 348 g/mol. The molecule has 11 heteroatoms. The number of urea groups is 1. The number of sulfonamides is 1. The number of nitrogens with one attached hydrogen (secondary N) is 2. The zero-order chi connectivity index (χ0) is 16.3. The zero-order valence-electron chi connectivity index (χ0n) is 12.4. The number of hydrogen-bond acceptors (Lipinski definition) is 7. The van der Waals surface area contributed by atoms with Gasteiger partial charge in [0.2, 0.25) is 15.2 Å². The first-order valence-electron chi connectivity index (χ1n) is 6.86. The first kappa shape index (κ1) is 16.9. The Morgan fingerprint density at radius 2 is 2.05 bits per heavy atom. The van der Waals surface area contributed by atoms with Gasteiger partial charge in [-0.2, -0.15) is 0 Å². The molecule has 1 aromatic heterocycles. The summed E-state index contributed by atoms with van der Waals surface area (Å²) in [5, 5.41) is 11.5. The number of amides is 2. The normalized spacial score (nSPS) is 18.2. The molecule has 1 aliphatic heterocycles. The average Bonchev–Trinajstić information content (AvgIpc) is 2.84. The van der Waals surface area contributed by atoms with Crippen LogP contribution in [0.2, 0.25) is 0 Å². The van der Waals surface area contributed by atoms with Crippen molar-refractivity contribution in [3.8, 4) is 0 Å². The van der Waals surface area contributed by atoms with Crippen LogP contribution in [-0.2, 0) is 10.0 Å². The van der Waals surface area contributed by atoms with Crippen molar-refractivity contribution in [3.05, 3.63) is 5.01 Å². The van der Waals surface area contributed by atoms with Crippen molar-refractivity contribution in [1.29, 1.82) is 0 Å². The van der Waals surface area contributed by atoms with Crippen molar-refractivity contribution in [3.63, 3.8) is 0 Å². The SMILES string of the molecule is CC(NC(=O)N1CCC(NS(C)(=O)=O)CC1)c1nnc(N)s1. The van der Waals surface area contributed by atoms with Crippen LogP contribution < -0.4 is 15.8 Å². The van der Waals surface area contributed by atoms with Gasteiger partial charge in [-0.25, -0.2) is 17.9 Å². The van der Waals surface area contributed by atoms with E-state index in [0.717, 1.165) is 6.26 Å². The summed E-state index contributed by atoms with van der Waals surface area (Å²) in [5.74, 6) is 0. The standard InChI is InChI=1S/C11H20N6O3S2/c1-7(9-14-15-10(12)21-9)13-11(18)17-5-3-8(4-6-17)16-22(2,19)20/h7-8,16H,3-6H2,1-2H3,(H2,12,15)(H,13,18). The maximum absolute atomic E-state index is 12.2. The van der Waals surface area contributed by atoms with Gasteiger partial charge in [0.05, 0.1) is 12.3 Å². The largest absolute Gasteiger partial charge is 0.374 e. The molecule has 22 heavy (non-hydrogen) atoms. The Bertz CT molecular complexity index is 624. The van der Waals surface area contributed by atoms with E-state index >= 15 is 0 Å². The van der Waals surface area contributed by atoms with E-state index in [1.54, 1.807) is 4.90 Å². The lowest BCUT2D eigenvalue weighted by molar-refractivity contribution is 0.177. The van der Waals surface area contributed by atoms with Crippen molar-refractivity contribution >= 4 is 32.5 Å². The minimum atomic E-state index is -3.21. The van der Waals surface area contributed by atoms with Crippen molar-refractivity contribution in [2.45, 2.75) is 31.8 Å². The fourth-order valence-electron chi connectivity index (χ4n) is 2.26. The number of nitrogens with two attached hydrogens (primary N) is 1. The molecule has 124 valence electrons. The Morgan fingerprint density at radius 3 is 2.55 bits per heavy atom. The first-order valence-corrected chi connectivity index (χ1v) is 9.57. The monoisotopic (exact) mass is 348 g/mol. The highest BCUT2D eigenvalue weighted by atomic mass is 32.2. The topological polar surface area (TPSA) is 130 Å². The molecule has 0 bridgehead atoms. The first-order chi connectivity index (χ1) is 10.2. The smallest absolute Gasteiger partial charge is 0.317 e. The number of aromatic nitrogens is 2. The quantitative estimate of drug-likeness (QED) is 0.697. The number of nitrogens with zero attached hydrogens (tertiary/aromatic N) is 3. The molecule has 9 nitrogen and oxygen atoms in total. The molecule has 0 aromatic carbocycles. The van der Waals surface area contributed by atoms with Crippen LogP contribution in [0.25, 0.3) is 0 Å². The number of likely N-dealkylation sites (tertiary alicyclic amines) is 1. The van der Waals surface area contributed by atoms with Crippen molar-refractivity contribution < 1.29 is 13.2 Å². The summed E-state index contributed by atoms with van der Waals surface area (Å²) < 4.78 is 25.0. The van der Waals surface area contributed by atoms with E-state index in [2.05, 4.69) is 20.2 Å². The van der Waals surface area contributed by atoms with E-state index in [9.17, 15) is 13.2 Å². The van der Waals surface area contributed by atoms with Crippen LogP contribution in [0.4, 0.5) is 9.93 Å². The molecular weight excluding hydrogens is 328 g/mol. The third-order valence-corrected chi connectivity index (χ3v) is 5.03. The minimum Gasteiger partial charge on any atom is -0.374 e. The van der Waals surface area contributed by atoms with Gasteiger partial charge < -0.3 is 16.0 Å². The Balaban J connectivity index is 1.82. The summed E-state index contributed by atoms with van der Waals surface area (Å²) in [5.41, 5.74) is 5.52. The number of carbonyl (C=O) groups excluding carboxylic acids is 1. The summed E-state index contributed by atoms with van der Waals surface area (Å²) in [6.07, 6.45) is 2.34. The Hall–Kier alpha value is -1.46. The lowest BCUT2D eigenvalue weighted by atomic mass is 10.1. The van der Waals surface area contributed by atoms with Gasteiger partial charge in [-0.1, -0.05) is 11.3 Å². The molecule has 0 spiro atoms. The second kappa shape index (κ2) is 6.75. The number of nitrogen functional groups attached to an aromatic ring is 1. The second-order valence-electron chi connectivity index (χ2n) is 5.30. The Labute approximate surface area is 133 Å². The van der Waals surface area contributed by atoms with Crippen LogP contribution in [-0.4, -0.2) is 54.9 Å². The van der Waals surface area contributed by atoms with E-state index in [-0.39, 0.29) is 18.1 Å². The van der Waals surface area contributed by atoms with Gasteiger partial charge in [-0.05, 0) is 19.8 Å². The van der Waals surface area contributed by atoms with Crippen LogP contribution in [0.5, 0.6) is 0 Å². The third-order valence-electron chi connectivity index (χ3n) is 3.33. The highest BCUT2D eigenvalue weighted by Gasteiger charge is 2.25. The van der Waals surface area contributed by atoms with Gasteiger partial charge in [0.1, 0.15) is 5.01 Å². The summed E-state index contributed by atoms with van der Waals surface area (Å²) in [6, 6.07) is -0.576. The van der Waals surface area contributed by atoms with Crippen LogP contribution in [0.3, 0.4) is 0 Å². The number of piperidine rings is 1. The molecule has 2 amide bonds. The number of anilines is 1. The summed E-state index contributed by atoms with van der Waals surface area (Å²) >= 11 is 1.24. The molecule has 1 saturated heterocycles. The van der Waals surface area contributed by atoms with Crippen molar-refractivity contribution in [1.82, 2.24) is 25.1 Å². The van der Waals surface area contributed by atoms with Gasteiger partial charge in [-0.3, -0.25) is 0 Å². The predicted molar refractivity (Wildman–Crippen MR) is 83.8 cm³/mol. The summed E-state index contributed by atoms with van der Waals surface area (Å²) in [7, 11) is -3.21. The molecule has 1 fully saturated rings. The maximum atomic E-state index is 12.2. The molecule has 1 aliphatic rings. The van der Waals surface area contributed by atoms with E-state index in [0.29, 0.717) is 36.1 Å². The molecule has 2 heterocycles. The molecule has 4 N–H and O–H groups in total. The van der Waals surface area contributed by atoms with E-state index in [4.69, 9.17) is 5.73 Å². The fraction of sp³-hybridized carbons (Fsp3) is 0.727. The van der Waals surface area contributed by atoms with Gasteiger partial charge in [0.15, 0.2) is 0 Å².